The van der Waals surface area contributed by atoms with Gasteiger partial charge in [0.15, 0.2) is 17.0 Å². The molecule has 0 saturated heterocycles. The van der Waals surface area contributed by atoms with Gasteiger partial charge in [0, 0.05) is 17.7 Å². The Kier molecular flexibility index (Phi) is 9.14. The van der Waals surface area contributed by atoms with Crippen molar-refractivity contribution in [3.8, 4) is 0 Å². The Morgan fingerprint density at radius 3 is 2.22 bits per heavy atom. The van der Waals surface area contributed by atoms with E-state index >= 15 is 0 Å². The molecule has 3 aromatic rings. The molecule has 1 aromatic carbocycles. The van der Waals surface area contributed by atoms with E-state index in [0.29, 0.717) is 17.2 Å². The van der Waals surface area contributed by atoms with Gasteiger partial charge in [-0.2, -0.15) is 13.4 Å². The van der Waals surface area contributed by atoms with Gasteiger partial charge in [-0.25, -0.2) is 14.8 Å². The van der Waals surface area contributed by atoms with E-state index < -0.39 is 46.3 Å². The van der Waals surface area contributed by atoms with Crippen molar-refractivity contribution < 1.29 is 42.1 Å². The molecule has 198 valence electrons. The average Bonchev–Trinajstić information content (AvgIpc) is 2.76. The summed E-state index contributed by atoms with van der Waals surface area (Å²) in [5.74, 6) is -2.92. The fraction of sp³-hybridized carbons (Fsp3) is 0.211. The Morgan fingerprint density at radius 1 is 1.08 bits per heavy atom. The first kappa shape index (κ1) is 28.6. The molecular formula is C19H21N7O10S. The molecule has 1 amide bonds. The molecule has 1 atom stereocenters. The van der Waals surface area contributed by atoms with Gasteiger partial charge in [0.2, 0.25) is 5.95 Å². The first-order valence-corrected chi connectivity index (χ1v) is 11.4. The molecular weight excluding hydrogens is 518 g/mol. The SMILES string of the molecule is Cc1nc2nc(N)[nH]c(=O)c2nc1Nc1ccc(C(=O)N[C@@H](CCC(=O)O)C(=O)O)cc1.O=S(=O)(O)O. The summed E-state index contributed by atoms with van der Waals surface area (Å²) in [6, 6.07) is 4.68. The first-order valence-electron chi connectivity index (χ1n) is 10.0. The zero-order valence-electron chi connectivity index (χ0n) is 18.9. The summed E-state index contributed by atoms with van der Waals surface area (Å²) in [5.41, 5.74) is 6.25. The third-order valence-electron chi connectivity index (χ3n) is 4.39. The van der Waals surface area contributed by atoms with Gasteiger partial charge in [0.1, 0.15) is 6.04 Å². The lowest BCUT2D eigenvalue weighted by Gasteiger charge is -2.14. The molecule has 0 radical (unpaired) electrons. The summed E-state index contributed by atoms with van der Waals surface area (Å²) in [4.78, 5) is 61.0. The monoisotopic (exact) mass is 539 g/mol. The zero-order chi connectivity index (χ0) is 27.9. The second-order valence-electron chi connectivity index (χ2n) is 7.23. The van der Waals surface area contributed by atoms with Gasteiger partial charge in [-0.15, -0.1) is 0 Å². The fourth-order valence-corrected chi connectivity index (χ4v) is 2.78. The highest BCUT2D eigenvalue weighted by atomic mass is 32.3. The van der Waals surface area contributed by atoms with Crippen molar-refractivity contribution in [3.05, 3.63) is 45.9 Å². The summed E-state index contributed by atoms with van der Waals surface area (Å²) in [5, 5.41) is 23.1. The molecule has 0 bridgehead atoms. The van der Waals surface area contributed by atoms with Crippen molar-refractivity contribution in [2.75, 3.05) is 11.1 Å². The van der Waals surface area contributed by atoms with E-state index in [1.807, 2.05) is 0 Å². The third-order valence-corrected chi connectivity index (χ3v) is 4.39. The molecule has 18 heteroatoms. The number of fused-ring (bicyclic) bond motifs is 1. The summed E-state index contributed by atoms with van der Waals surface area (Å²) in [6.07, 6.45) is -0.632. The molecule has 0 aliphatic rings. The number of carbonyl (C=O) groups is 3. The number of anilines is 3. The van der Waals surface area contributed by atoms with E-state index in [2.05, 4.69) is 30.6 Å². The van der Waals surface area contributed by atoms with Crippen LogP contribution in [0, 0.1) is 6.92 Å². The lowest BCUT2D eigenvalue weighted by molar-refractivity contribution is -0.140. The maximum atomic E-state index is 12.3. The number of hydrogen-bond donors (Lipinski definition) is 8. The van der Waals surface area contributed by atoms with Crippen LogP contribution in [-0.2, 0) is 20.0 Å². The van der Waals surface area contributed by atoms with Crippen LogP contribution in [0.1, 0.15) is 28.9 Å². The Bertz CT molecular complexity index is 1480. The second kappa shape index (κ2) is 11.8. The largest absolute Gasteiger partial charge is 0.481 e. The number of nitrogens with one attached hydrogen (secondary N) is 3. The molecule has 2 heterocycles. The maximum Gasteiger partial charge on any atom is 0.394 e. The van der Waals surface area contributed by atoms with Crippen LogP contribution in [-0.4, -0.2) is 71.6 Å². The number of nitrogens with zero attached hydrogens (tertiary/aromatic N) is 3. The topological polar surface area (TPSA) is 288 Å². The smallest absolute Gasteiger partial charge is 0.394 e. The van der Waals surface area contributed by atoms with Gasteiger partial charge in [0.25, 0.3) is 11.5 Å². The normalized spacial score (nSPS) is 11.6. The highest BCUT2D eigenvalue weighted by Crippen LogP contribution is 2.19. The fourth-order valence-electron chi connectivity index (χ4n) is 2.78. The number of aromatic nitrogens is 4. The first-order chi connectivity index (χ1) is 17.1. The number of hydrogen-bond acceptors (Lipinski definition) is 11. The van der Waals surface area contributed by atoms with E-state index in [9.17, 15) is 19.2 Å². The van der Waals surface area contributed by atoms with Crippen molar-refractivity contribution in [1.82, 2.24) is 25.3 Å². The standard InChI is InChI=1S/C19H19N7O6.H2O4S/c1-8-14(24-13-15(21-8)25-19(20)26-17(13)30)22-10-4-2-9(3-5-10)16(29)23-11(18(31)32)6-7-12(27)28;1-5(2,3)4/h2-5,11H,6-7H2,1H3,(H,22,24)(H,23,29)(H,27,28)(H,31,32)(H3,20,21,25,26,30);(H2,1,2,3,4)/t11-;/m0./s1. The van der Waals surface area contributed by atoms with Crippen molar-refractivity contribution in [2.24, 2.45) is 0 Å². The number of nitrogens with two attached hydrogens (primary N) is 1. The summed E-state index contributed by atoms with van der Waals surface area (Å²) >= 11 is 0. The predicted molar refractivity (Wildman–Crippen MR) is 127 cm³/mol. The molecule has 0 fully saturated rings. The van der Waals surface area contributed by atoms with Crippen LogP contribution in [0.25, 0.3) is 11.2 Å². The minimum absolute atomic E-state index is 0.00405. The number of nitrogen functional groups attached to an aromatic ring is 1. The molecule has 0 aliphatic heterocycles. The molecule has 9 N–H and O–H groups in total. The predicted octanol–water partition coefficient (Wildman–Crippen LogP) is -0.258. The molecule has 0 aliphatic carbocycles. The van der Waals surface area contributed by atoms with E-state index in [4.69, 9.17) is 33.5 Å². The van der Waals surface area contributed by atoms with Crippen LogP contribution in [0.5, 0.6) is 0 Å². The number of benzene rings is 1. The highest BCUT2D eigenvalue weighted by Gasteiger charge is 2.21. The van der Waals surface area contributed by atoms with E-state index in [1.54, 1.807) is 19.1 Å². The number of aryl methyl sites for hydroxylation is 1. The summed E-state index contributed by atoms with van der Waals surface area (Å²) in [6.45, 7) is 1.67. The van der Waals surface area contributed by atoms with Crippen molar-refractivity contribution in [1.29, 1.82) is 0 Å². The number of carboxylic acid groups (broad SMARTS) is 2. The molecule has 0 saturated carbocycles. The Balaban J connectivity index is 0.000000877. The third kappa shape index (κ3) is 9.12. The van der Waals surface area contributed by atoms with Crippen LogP contribution in [0.2, 0.25) is 0 Å². The Morgan fingerprint density at radius 2 is 1.68 bits per heavy atom. The quantitative estimate of drug-likeness (QED) is 0.171. The van der Waals surface area contributed by atoms with Gasteiger partial charge in [0.05, 0.1) is 5.69 Å². The van der Waals surface area contributed by atoms with Crippen molar-refractivity contribution >= 4 is 56.9 Å². The van der Waals surface area contributed by atoms with Gasteiger partial charge in [-0.3, -0.25) is 28.5 Å². The number of rotatable bonds is 8. The lowest BCUT2D eigenvalue weighted by Crippen LogP contribution is -2.41. The van der Waals surface area contributed by atoms with E-state index in [1.165, 1.54) is 12.1 Å². The molecule has 37 heavy (non-hydrogen) atoms. The van der Waals surface area contributed by atoms with Crippen LogP contribution in [0.3, 0.4) is 0 Å². The number of carboxylic acids is 2. The molecule has 2 aromatic heterocycles. The number of aromatic amines is 1. The lowest BCUT2D eigenvalue weighted by atomic mass is 10.1. The molecule has 3 rings (SSSR count). The Labute approximate surface area is 207 Å². The maximum absolute atomic E-state index is 12.3. The Hall–Kier alpha value is -4.68. The number of H-pyrrole nitrogens is 1. The number of carbonyl (C=O) groups excluding carboxylic acids is 1. The summed E-state index contributed by atoms with van der Waals surface area (Å²) in [7, 11) is -4.67. The van der Waals surface area contributed by atoms with Gasteiger partial charge >= 0.3 is 22.3 Å². The van der Waals surface area contributed by atoms with Crippen molar-refractivity contribution in [2.45, 2.75) is 25.8 Å². The second-order valence-corrected chi connectivity index (χ2v) is 8.12. The van der Waals surface area contributed by atoms with E-state index in [-0.39, 0.29) is 29.1 Å². The minimum atomic E-state index is -4.67. The molecule has 0 spiro atoms. The minimum Gasteiger partial charge on any atom is -0.481 e. The van der Waals surface area contributed by atoms with Crippen molar-refractivity contribution in [3.63, 3.8) is 0 Å². The van der Waals surface area contributed by atoms with Crippen LogP contribution in [0.15, 0.2) is 29.1 Å². The molecule has 0 unspecified atom stereocenters. The van der Waals surface area contributed by atoms with Gasteiger partial charge in [-0.05, 0) is 37.6 Å². The highest BCUT2D eigenvalue weighted by molar-refractivity contribution is 7.79. The van der Waals surface area contributed by atoms with Crippen LogP contribution >= 0.6 is 0 Å². The van der Waals surface area contributed by atoms with Crippen LogP contribution < -0.4 is 21.9 Å². The van der Waals surface area contributed by atoms with Gasteiger partial charge < -0.3 is 26.6 Å². The zero-order valence-corrected chi connectivity index (χ0v) is 19.7. The number of aliphatic carboxylic acids is 2. The average molecular weight is 539 g/mol. The number of amides is 1. The molecule has 17 nitrogen and oxygen atoms in total. The van der Waals surface area contributed by atoms with Crippen LogP contribution in [0.4, 0.5) is 17.5 Å². The van der Waals surface area contributed by atoms with Gasteiger partial charge in [-0.1, -0.05) is 0 Å². The van der Waals surface area contributed by atoms with E-state index in [0.717, 1.165) is 0 Å². The summed E-state index contributed by atoms with van der Waals surface area (Å²) < 4.78 is 31.6.